The van der Waals surface area contributed by atoms with E-state index in [9.17, 15) is 0 Å². The lowest BCUT2D eigenvalue weighted by molar-refractivity contribution is 1.33. The highest BCUT2D eigenvalue weighted by molar-refractivity contribution is 7.07. The van der Waals surface area contributed by atoms with Gasteiger partial charge < -0.3 is 0 Å². The summed E-state index contributed by atoms with van der Waals surface area (Å²) >= 11 is 1.51. The van der Waals surface area contributed by atoms with Gasteiger partial charge in [-0.05, 0) is 19.4 Å². The zero-order valence-electron chi connectivity index (χ0n) is 7.66. The van der Waals surface area contributed by atoms with Gasteiger partial charge in [0, 0.05) is 10.9 Å². The highest BCUT2D eigenvalue weighted by Crippen LogP contribution is 2.23. The summed E-state index contributed by atoms with van der Waals surface area (Å²) < 4.78 is 0. The van der Waals surface area contributed by atoms with Gasteiger partial charge in [0.2, 0.25) is 0 Å². The molecule has 0 bridgehead atoms. The summed E-state index contributed by atoms with van der Waals surface area (Å²) in [6.07, 6.45) is 0. The van der Waals surface area contributed by atoms with E-state index in [-0.39, 0.29) is 0 Å². The molecule has 0 unspecified atom stereocenters. The third kappa shape index (κ3) is 1.63. The molecule has 0 N–H and O–H groups in total. The molecule has 0 saturated carbocycles. The fourth-order valence-corrected chi connectivity index (χ4v) is 1.90. The van der Waals surface area contributed by atoms with Crippen LogP contribution in [0.4, 0.5) is 0 Å². The average molecular weight is 188 g/mol. The zero-order chi connectivity index (χ0) is 9.26. The maximum Gasteiger partial charge on any atom is 0.152 e. The first-order valence-corrected chi connectivity index (χ1v) is 5.04. The van der Waals surface area contributed by atoms with Crippen LogP contribution in [0.1, 0.15) is 11.1 Å². The van der Waals surface area contributed by atoms with Crippen LogP contribution in [-0.2, 0) is 0 Å². The summed E-state index contributed by atoms with van der Waals surface area (Å²) in [4.78, 5) is 4.17. The molecule has 0 aliphatic carbocycles. The molecule has 1 radical (unpaired) electrons. The first-order valence-electron chi connectivity index (χ1n) is 4.16. The van der Waals surface area contributed by atoms with Crippen LogP contribution in [0.15, 0.2) is 23.6 Å². The summed E-state index contributed by atoms with van der Waals surface area (Å²) in [7, 11) is 0. The Morgan fingerprint density at radius 2 is 2.15 bits per heavy atom. The summed E-state index contributed by atoms with van der Waals surface area (Å²) in [5, 5.41) is 2.03. The van der Waals surface area contributed by atoms with Gasteiger partial charge in [-0.15, -0.1) is 11.3 Å². The first-order chi connectivity index (χ1) is 6.27. The predicted molar refractivity (Wildman–Crippen MR) is 55.9 cm³/mol. The van der Waals surface area contributed by atoms with Gasteiger partial charge >= 0.3 is 0 Å². The number of rotatable bonds is 1. The average Bonchev–Trinajstić information content (AvgIpc) is 2.56. The number of thiazole rings is 1. The Morgan fingerprint density at radius 1 is 1.31 bits per heavy atom. The van der Waals surface area contributed by atoms with Crippen LogP contribution in [0.2, 0.25) is 0 Å². The molecule has 0 atom stereocenters. The van der Waals surface area contributed by atoms with E-state index in [0.29, 0.717) is 0 Å². The van der Waals surface area contributed by atoms with Gasteiger partial charge in [-0.25, -0.2) is 4.98 Å². The molecule has 0 saturated heterocycles. The van der Waals surface area contributed by atoms with Gasteiger partial charge in [-0.2, -0.15) is 0 Å². The Bertz CT molecular complexity index is 404. The van der Waals surface area contributed by atoms with E-state index in [2.05, 4.69) is 42.5 Å². The molecule has 0 aliphatic rings. The Balaban J connectivity index is 2.53. The van der Waals surface area contributed by atoms with Crippen molar-refractivity contribution in [3.63, 3.8) is 0 Å². The lowest BCUT2D eigenvalue weighted by Crippen LogP contribution is -1.83. The summed E-state index contributed by atoms with van der Waals surface area (Å²) in [5.74, 6) is 0. The number of nitrogens with zero attached hydrogens (tertiary/aromatic N) is 1. The van der Waals surface area contributed by atoms with Crippen molar-refractivity contribution >= 4 is 11.3 Å². The number of benzene rings is 1. The van der Waals surface area contributed by atoms with Crippen molar-refractivity contribution in [1.82, 2.24) is 4.98 Å². The molecule has 1 aromatic carbocycles. The lowest BCUT2D eigenvalue weighted by atomic mass is 10.0. The molecule has 65 valence electrons. The second-order valence-electron chi connectivity index (χ2n) is 3.14. The van der Waals surface area contributed by atoms with Crippen molar-refractivity contribution in [2.24, 2.45) is 0 Å². The molecule has 1 nitrogen and oxygen atoms in total. The van der Waals surface area contributed by atoms with E-state index in [1.807, 2.05) is 5.38 Å². The second kappa shape index (κ2) is 3.30. The van der Waals surface area contributed by atoms with Gasteiger partial charge in [0.05, 0.1) is 5.69 Å². The van der Waals surface area contributed by atoms with Gasteiger partial charge in [0.1, 0.15) is 0 Å². The lowest BCUT2D eigenvalue weighted by Gasteiger charge is -2.02. The minimum Gasteiger partial charge on any atom is -0.233 e. The van der Waals surface area contributed by atoms with E-state index in [1.54, 1.807) is 0 Å². The molecule has 0 aliphatic heterocycles. The van der Waals surface area contributed by atoms with Crippen molar-refractivity contribution < 1.29 is 0 Å². The molecule has 2 aromatic rings. The molecule has 0 spiro atoms. The highest BCUT2D eigenvalue weighted by atomic mass is 32.1. The Labute approximate surface area is 82.1 Å². The molecule has 1 aromatic heterocycles. The first kappa shape index (κ1) is 8.45. The zero-order valence-corrected chi connectivity index (χ0v) is 8.48. The van der Waals surface area contributed by atoms with Crippen molar-refractivity contribution in [2.45, 2.75) is 13.8 Å². The largest absolute Gasteiger partial charge is 0.233 e. The van der Waals surface area contributed by atoms with E-state index in [0.717, 1.165) is 5.69 Å². The van der Waals surface area contributed by atoms with Crippen LogP contribution >= 0.6 is 11.3 Å². The maximum absolute atomic E-state index is 4.17. The minimum absolute atomic E-state index is 1.03. The normalized spacial score (nSPS) is 10.3. The predicted octanol–water partition coefficient (Wildman–Crippen LogP) is 3.23. The second-order valence-corrected chi connectivity index (χ2v) is 3.80. The highest BCUT2D eigenvalue weighted by Gasteiger charge is 2.02. The quantitative estimate of drug-likeness (QED) is 0.669. The molecular weight excluding hydrogens is 178 g/mol. The van der Waals surface area contributed by atoms with Gasteiger partial charge in [-0.1, -0.05) is 23.8 Å². The smallest absolute Gasteiger partial charge is 0.152 e. The van der Waals surface area contributed by atoms with E-state index < -0.39 is 0 Å². The van der Waals surface area contributed by atoms with E-state index >= 15 is 0 Å². The third-order valence-electron chi connectivity index (χ3n) is 2.05. The van der Waals surface area contributed by atoms with Crippen LogP contribution in [0.5, 0.6) is 0 Å². The fraction of sp³-hybridized carbons (Fsp3) is 0.182. The van der Waals surface area contributed by atoms with Gasteiger partial charge in [0.25, 0.3) is 0 Å². The summed E-state index contributed by atoms with van der Waals surface area (Å²) in [6.45, 7) is 4.21. The number of aryl methyl sites for hydroxylation is 2. The molecule has 2 rings (SSSR count). The van der Waals surface area contributed by atoms with Crippen LogP contribution in [-0.4, -0.2) is 4.98 Å². The SMILES string of the molecule is Cc1ccc(-c2cs[c]n2)c(C)c1. The summed E-state index contributed by atoms with van der Waals surface area (Å²) in [6, 6.07) is 6.41. The Morgan fingerprint density at radius 3 is 2.77 bits per heavy atom. The van der Waals surface area contributed by atoms with Crippen LogP contribution in [0, 0.1) is 19.4 Å². The monoisotopic (exact) mass is 188 g/mol. The molecular formula is C11H10NS. The Kier molecular flexibility index (Phi) is 2.15. The van der Waals surface area contributed by atoms with E-state index in [4.69, 9.17) is 0 Å². The van der Waals surface area contributed by atoms with Gasteiger partial charge in [0.15, 0.2) is 5.51 Å². The number of aromatic nitrogens is 1. The summed E-state index contributed by atoms with van der Waals surface area (Å²) in [5.41, 5.74) is 7.67. The maximum atomic E-state index is 4.17. The van der Waals surface area contributed by atoms with Crippen molar-refractivity contribution in [3.05, 3.63) is 40.2 Å². The van der Waals surface area contributed by atoms with Crippen molar-refractivity contribution in [3.8, 4) is 11.3 Å². The topological polar surface area (TPSA) is 12.9 Å². The van der Waals surface area contributed by atoms with Crippen LogP contribution in [0.25, 0.3) is 11.3 Å². The molecule has 0 fully saturated rings. The molecule has 13 heavy (non-hydrogen) atoms. The molecule has 2 heteroatoms. The Hall–Kier alpha value is -1.15. The van der Waals surface area contributed by atoms with Crippen molar-refractivity contribution in [1.29, 1.82) is 0 Å². The standard InChI is InChI=1S/C11H10NS/c1-8-3-4-10(9(2)5-8)11-6-13-7-12-11/h3-6H,1-2H3. The molecule has 1 heterocycles. The van der Waals surface area contributed by atoms with Crippen LogP contribution in [0.3, 0.4) is 0 Å². The molecule has 0 amide bonds. The third-order valence-corrected chi connectivity index (χ3v) is 2.59. The number of hydrogen-bond acceptors (Lipinski definition) is 2. The number of hydrogen-bond donors (Lipinski definition) is 0. The fourth-order valence-electron chi connectivity index (χ4n) is 1.41. The van der Waals surface area contributed by atoms with Crippen molar-refractivity contribution in [2.75, 3.05) is 0 Å². The van der Waals surface area contributed by atoms with Gasteiger partial charge in [-0.3, -0.25) is 0 Å². The minimum atomic E-state index is 1.03. The van der Waals surface area contributed by atoms with Crippen LogP contribution < -0.4 is 0 Å². The van der Waals surface area contributed by atoms with E-state index in [1.165, 1.54) is 28.0 Å².